The summed E-state index contributed by atoms with van der Waals surface area (Å²) in [5.74, 6) is -0.252. The van der Waals surface area contributed by atoms with E-state index in [1.807, 2.05) is 60.7 Å². The quantitative estimate of drug-likeness (QED) is 0.480. The second kappa shape index (κ2) is 12.0. The van der Waals surface area contributed by atoms with Gasteiger partial charge in [-0.1, -0.05) is 48.5 Å². The number of aromatic nitrogens is 1. The van der Waals surface area contributed by atoms with Crippen LogP contribution < -0.4 is 4.90 Å². The van der Waals surface area contributed by atoms with Crippen molar-refractivity contribution in [3.63, 3.8) is 0 Å². The molecule has 0 aliphatic carbocycles. The van der Waals surface area contributed by atoms with Crippen LogP contribution >= 0.6 is 15.9 Å². The van der Waals surface area contributed by atoms with Gasteiger partial charge in [-0.25, -0.2) is 4.79 Å². The van der Waals surface area contributed by atoms with Gasteiger partial charge in [-0.15, -0.1) is 0 Å². The van der Waals surface area contributed by atoms with Crippen molar-refractivity contribution < 1.29 is 19.4 Å². The Labute approximate surface area is 195 Å². The molecule has 1 aromatic heterocycles. The molecule has 1 heterocycles. The summed E-state index contributed by atoms with van der Waals surface area (Å²) in [6, 6.07) is 20.3. The number of hydrogen-bond donors (Lipinski definition) is 1. The van der Waals surface area contributed by atoms with Crippen LogP contribution in [0.1, 0.15) is 15.9 Å². The summed E-state index contributed by atoms with van der Waals surface area (Å²) in [6.45, 7) is 0.466. The second-order valence-electron chi connectivity index (χ2n) is 6.93. The smallest absolute Gasteiger partial charge is 0.410 e. The first-order valence-corrected chi connectivity index (χ1v) is 10.9. The van der Waals surface area contributed by atoms with Crippen LogP contribution in [0, 0.1) is 0 Å². The van der Waals surface area contributed by atoms with Crippen LogP contribution in [0.3, 0.4) is 0 Å². The Hall–Kier alpha value is -3.23. The highest BCUT2D eigenvalue weighted by Gasteiger charge is 2.20. The minimum atomic E-state index is -0.549. The summed E-state index contributed by atoms with van der Waals surface area (Å²) in [6.07, 6.45) is 2.55. The first-order chi connectivity index (χ1) is 15.6. The number of para-hydroxylation sites is 1. The van der Waals surface area contributed by atoms with Gasteiger partial charge in [-0.05, 0) is 39.7 Å². The molecule has 0 aliphatic heterocycles. The third-order valence-corrected chi connectivity index (χ3v) is 5.08. The average molecular weight is 498 g/mol. The molecule has 0 fully saturated rings. The van der Waals surface area contributed by atoms with Crippen LogP contribution in [0.15, 0.2) is 83.6 Å². The van der Waals surface area contributed by atoms with Gasteiger partial charge in [0.25, 0.3) is 5.91 Å². The number of rotatable bonds is 9. The average Bonchev–Trinajstić information content (AvgIpc) is 2.82. The maximum atomic E-state index is 13.1. The summed E-state index contributed by atoms with van der Waals surface area (Å²) < 4.78 is 6.15. The first-order valence-electron chi connectivity index (χ1n) is 10.1. The lowest BCUT2D eigenvalue weighted by atomic mass is 10.2. The van der Waals surface area contributed by atoms with E-state index < -0.39 is 6.09 Å². The van der Waals surface area contributed by atoms with Gasteiger partial charge in [-0.2, -0.15) is 0 Å². The normalized spacial score (nSPS) is 10.4. The monoisotopic (exact) mass is 497 g/mol. The van der Waals surface area contributed by atoms with E-state index in [-0.39, 0.29) is 32.2 Å². The molecule has 32 heavy (non-hydrogen) atoms. The Morgan fingerprint density at radius 2 is 1.66 bits per heavy atom. The Morgan fingerprint density at radius 1 is 0.969 bits per heavy atom. The SMILES string of the molecule is O=C(OCCN(C(=O)c1cncc(Br)c1)c1ccccc1)N(CCO)Cc1ccccc1. The zero-order valence-corrected chi connectivity index (χ0v) is 19.0. The molecule has 0 spiro atoms. The lowest BCUT2D eigenvalue weighted by molar-refractivity contribution is 0.0886. The molecule has 8 heteroatoms. The van der Waals surface area contributed by atoms with Gasteiger partial charge < -0.3 is 19.6 Å². The lowest BCUT2D eigenvalue weighted by Crippen LogP contribution is -2.38. The second-order valence-corrected chi connectivity index (χ2v) is 7.84. The van der Waals surface area contributed by atoms with E-state index in [1.54, 1.807) is 17.2 Å². The van der Waals surface area contributed by atoms with E-state index in [4.69, 9.17) is 4.74 Å². The van der Waals surface area contributed by atoms with Crippen LogP contribution in [0.2, 0.25) is 0 Å². The van der Waals surface area contributed by atoms with E-state index in [0.717, 1.165) is 5.56 Å². The molecule has 0 atom stereocenters. The van der Waals surface area contributed by atoms with Crippen LogP contribution in [-0.4, -0.2) is 53.3 Å². The van der Waals surface area contributed by atoms with Crippen molar-refractivity contribution in [1.29, 1.82) is 0 Å². The third kappa shape index (κ3) is 6.63. The summed E-state index contributed by atoms with van der Waals surface area (Å²) >= 11 is 3.34. The third-order valence-electron chi connectivity index (χ3n) is 4.65. The van der Waals surface area contributed by atoms with E-state index in [0.29, 0.717) is 22.3 Å². The number of pyridine rings is 1. The Morgan fingerprint density at radius 3 is 2.31 bits per heavy atom. The molecule has 0 saturated carbocycles. The van der Waals surface area contributed by atoms with Crippen LogP contribution in [0.4, 0.5) is 10.5 Å². The molecule has 0 bridgehead atoms. The van der Waals surface area contributed by atoms with E-state index in [2.05, 4.69) is 20.9 Å². The number of aliphatic hydroxyl groups is 1. The maximum Gasteiger partial charge on any atom is 0.410 e. The molecular weight excluding hydrogens is 474 g/mol. The molecule has 7 nitrogen and oxygen atoms in total. The summed E-state index contributed by atoms with van der Waals surface area (Å²) in [5.41, 5.74) is 2.03. The fraction of sp³-hybridized carbons (Fsp3) is 0.208. The molecular formula is C24H24BrN3O4. The van der Waals surface area contributed by atoms with Gasteiger partial charge in [-0.3, -0.25) is 9.78 Å². The number of aliphatic hydroxyl groups excluding tert-OH is 1. The number of carbonyl (C=O) groups is 2. The van der Waals surface area contributed by atoms with Crippen molar-refractivity contribution in [2.75, 3.05) is 31.2 Å². The van der Waals surface area contributed by atoms with Gasteiger partial charge in [0.15, 0.2) is 0 Å². The number of carbonyl (C=O) groups excluding carboxylic acids is 2. The molecule has 1 N–H and O–H groups in total. The van der Waals surface area contributed by atoms with Crippen molar-refractivity contribution in [1.82, 2.24) is 9.88 Å². The maximum absolute atomic E-state index is 13.1. The predicted octanol–water partition coefficient (Wildman–Crippen LogP) is 4.12. The summed E-state index contributed by atoms with van der Waals surface area (Å²) in [4.78, 5) is 32.8. The molecule has 0 aliphatic rings. The largest absolute Gasteiger partial charge is 0.448 e. The van der Waals surface area contributed by atoms with Crippen molar-refractivity contribution in [2.45, 2.75) is 6.54 Å². The van der Waals surface area contributed by atoms with Gasteiger partial charge in [0.2, 0.25) is 0 Å². The van der Waals surface area contributed by atoms with Crippen molar-refractivity contribution in [3.8, 4) is 0 Å². The number of hydrogen-bond acceptors (Lipinski definition) is 5. The van der Waals surface area contributed by atoms with Crippen LogP contribution in [0.25, 0.3) is 0 Å². The predicted molar refractivity (Wildman–Crippen MR) is 125 cm³/mol. The van der Waals surface area contributed by atoms with E-state index in [9.17, 15) is 14.7 Å². The number of anilines is 1. The topological polar surface area (TPSA) is 83.0 Å². The Bertz CT molecular complexity index is 1020. The molecule has 0 unspecified atom stereocenters. The molecule has 166 valence electrons. The highest BCUT2D eigenvalue weighted by Crippen LogP contribution is 2.18. The molecule has 2 amide bonds. The van der Waals surface area contributed by atoms with Crippen LogP contribution in [0.5, 0.6) is 0 Å². The van der Waals surface area contributed by atoms with E-state index >= 15 is 0 Å². The molecule has 3 aromatic rings. The molecule has 2 aromatic carbocycles. The minimum Gasteiger partial charge on any atom is -0.448 e. The standard InChI is InChI=1S/C24H24BrN3O4/c25-21-15-20(16-26-17-21)23(30)28(22-9-5-2-6-10-22)12-14-32-24(31)27(11-13-29)18-19-7-3-1-4-8-19/h1-10,15-17,29H,11-14,18H2. The highest BCUT2D eigenvalue weighted by molar-refractivity contribution is 9.10. The van der Waals surface area contributed by atoms with Gasteiger partial charge in [0.05, 0.1) is 18.7 Å². The molecule has 0 radical (unpaired) electrons. The Kier molecular flexibility index (Phi) is 8.77. The minimum absolute atomic E-state index is 0.00236. The zero-order chi connectivity index (χ0) is 22.8. The zero-order valence-electron chi connectivity index (χ0n) is 17.4. The fourth-order valence-electron chi connectivity index (χ4n) is 3.12. The molecule has 0 saturated heterocycles. The summed E-state index contributed by atoms with van der Waals surface area (Å²) in [7, 11) is 0. The first kappa shape index (κ1) is 23.4. The number of benzene rings is 2. The van der Waals surface area contributed by atoms with Crippen molar-refractivity contribution in [2.24, 2.45) is 0 Å². The number of nitrogens with zero attached hydrogens (tertiary/aromatic N) is 3. The summed E-state index contributed by atoms with van der Waals surface area (Å²) in [5, 5.41) is 9.34. The molecule has 3 rings (SSSR count). The van der Waals surface area contributed by atoms with Gasteiger partial charge in [0, 0.05) is 35.6 Å². The van der Waals surface area contributed by atoms with Crippen LogP contribution in [-0.2, 0) is 11.3 Å². The Balaban J connectivity index is 1.67. The van der Waals surface area contributed by atoms with E-state index in [1.165, 1.54) is 11.1 Å². The van der Waals surface area contributed by atoms with Crippen molar-refractivity contribution >= 4 is 33.6 Å². The number of halogens is 1. The van der Waals surface area contributed by atoms with Crippen molar-refractivity contribution in [3.05, 3.63) is 94.7 Å². The number of amides is 2. The highest BCUT2D eigenvalue weighted by atomic mass is 79.9. The number of ether oxygens (including phenoxy) is 1. The fourth-order valence-corrected chi connectivity index (χ4v) is 3.48. The van der Waals surface area contributed by atoms with Gasteiger partial charge >= 0.3 is 6.09 Å². The van der Waals surface area contributed by atoms with Gasteiger partial charge in [0.1, 0.15) is 6.61 Å². The lowest BCUT2D eigenvalue weighted by Gasteiger charge is -2.25.